The number of nitrogens with zero attached hydrogens (tertiary/aromatic N) is 2. The smallest absolute Gasteiger partial charge is 0.271 e. The monoisotopic (exact) mass is 413 g/mol. The van der Waals surface area contributed by atoms with Crippen LogP contribution in [0.3, 0.4) is 0 Å². The number of thioether (sulfide) groups is 1. The van der Waals surface area contributed by atoms with Crippen LogP contribution in [-0.2, 0) is 19.6 Å². The third-order valence-electron chi connectivity index (χ3n) is 3.57. The predicted octanol–water partition coefficient (Wildman–Crippen LogP) is 1.01. The van der Waals surface area contributed by atoms with Crippen molar-refractivity contribution in [3.05, 3.63) is 35.1 Å². The SMILES string of the molecule is CCN1C(=O)/C(=C2\Oc3ccccc3N2CC(=O)NS(C)(=O)=O)SC1=S. The van der Waals surface area contributed by atoms with Crippen LogP contribution in [0.2, 0.25) is 0 Å². The van der Waals surface area contributed by atoms with Crippen LogP contribution in [0.4, 0.5) is 5.69 Å². The van der Waals surface area contributed by atoms with Gasteiger partial charge in [-0.05, 0) is 30.8 Å². The molecule has 0 atom stereocenters. The second-order valence-electron chi connectivity index (χ2n) is 5.50. The molecule has 1 aromatic carbocycles. The van der Waals surface area contributed by atoms with Gasteiger partial charge in [-0.2, -0.15) is 0 Å². The lowest BCUT2D eigenvalue weighted by atomic mass is 10.3. The second-order valence-corrected chi connectivity index (χ2v) is 8.90. The Morgan fingerprint density at radius 3 is 2.62 bits per heavy atom. The summed E-state index contributed by atoms with van der Waals surface area (Å²) in [5.41, 5.74) is 0.563. The zero-order valence-electron chi connectivity index (χ0n) is 13.9. The molecule has 0 aliphatic carbocycles. The zero-order chi connectivity index (χ0) is 19.1. The number of anilines is 1. The lowest BCUT2D eigenvalue weighted by molar-refractivity contribution is -0.122. The average molecular weight is 414 g/mol. The van der Waals surface area contributed by atoms with Gasteiger partial charge in [-0.25, -0.2) is 8.42 Å². The van der Waals surface area contributed by atoms with E-state index in [1.54, 1.807) is 31.2 Å². The summed E-state index contributed by atoms with van der Waals surface area (Å²) < 4.78 is 30.7. The van der Waals surface area contributed by atoms with Crippen molar-refractivity contribution in [1.29, 1.82) is 0 Å². The maximum Gasteiger partial charge on any atom is 0.271 e. The number of para-hydroxylation sites is 2. The minimum Gasteiger partial charge on any atom is -0.437 e. The highest BCUT2D eigenvalue weighted by Gasteiger charge is 2.40. The van der Waals surface area contributed by atoms with Crippen molar-refractivity contribution >= 4 is 55.8 Å². The van der Waals surface area contributed by atoms with Crippen molar-refractivity contribution < 1.29 is 22.7 Å². The predicted molar refractivity (Wildman–Crippen MR) is 102 cm³/mol. The van der Waals surface area contributed by atoms with Crippen LogP contribution in [0.5, 0.6) is 5.75 Å². The molecule has 0 radical (unpaired) electrons. The van der Waals surface area contributed by atoms with E-state index in [4.69, 9.17) is 17.0 Å². The highest BCUT2D eigenvalue weighted by Crippen LogP contribution is 2.43. The molecule has 0 bridgehead atoms. The first-order valence-electron chi connectivity index (χ1n) is 7.54. The second kappa shape index (κ2) is 6.89. The van der Waals surface area contributed by atoms with Gasteiger partial charge in [0, 0.05) is 6.54 Å². The number of carbonyl (C=O) groups is 2. The minimum atomic E-state index is -3.70. The number of hydrogen-bond donors (Lipinski definition) is 1. The van der Waals surface area contributed by atoms with Crippen LogP contribution in [0, 0.1) is 0 Å². The van der Waals surface area contributed by atoms with E-state index in [1.807, 2.05) is 4.72 Å². The molecule has 1 N–H and O–H groups in total. The van der Waals surface area contributed by atoms with Gasteiger partial charge in [0.2, 0.25) is 15.9 Å². The molecule has 2 amide bonds. The van der Waals surface area contributed by atoms with Crippen molar-refractivity contribution in [2.24, 2.45) is 0 Å². The highest BCUT2D eigenvalue weighted by molar-refractivity contribution is 8.26. The average Bonchev–Trinajstić information content (AvgIpc) is 3.03. The normalized spacial score (nSPS) is 19.6. The van der Waals surface area contributed by atoms with E-state index in [0.717, 1.165) is 18.0 Å². The summed E-state index contributed by atoms with van der Waals surface area (Å²) in [4.78, 5) is 27.9. The van der Waals surface area contributed by atoms with E-state index in [1.165, 1.54) is 9.80 Å². The first-order chi connectivity index (χ1) is 12.2. The molecule has 138 valence electrons. The number of carbonyl (C=O) groups excluding carboxylic acids is 2. The summed E-state index contributed by atoms with van der Waals surface area (Å²) in [7, 11) is -3.70. The summed E-state index contributed by atoms with van der Waals surface area (Å²) in [6.45, 7) is 1.90. The Kier molecular flexibility index (Phi) is 4.95. The minimum absolute atomic E-state index is 0.170. The van der Waals surface area contributed by atoms with Crippen molar-refractivity contribution in [2.45, 2.75) is 6.92 Å². The molecule has 26 heavy (non-hydrogen) atoms. The van der Waals surface area contributed by atoms with Crippen LogP contribution in [0.1, 0.15) is 6.92 Å². The highest BCUT2D eigenvalue weighted by atomic mass is 32.2. The Hall–Kier alpha value is -2.11. The van der Waals surface area contributed by atoms with Gasteiger partial charge in [0.05, 0.1) is 11.9 Å². The number of nitrogens with one attached hydrogen (secondary N) is 1. The molecule has 0 aromatic heterocycles. The van der Waals surface area contributed by atoms with Gasteiger partial charge < -0.3 is 4.74 Å². The van der Waals surface area contributed by atoms with Crippen LogP contribution < -0.4 is 14.4 Å². The Labute approximate surface area is 160 Å². The Morgan fingerprint density at radius 1 is 1.31 bits per heavy atom. The van der Waals surface area contributed by atoms with Crippen LogP contribution in [0.25, 0.3) is 0 Å². The quantitative estimate of drug-likeness (QED) is 0.577. The molecule has 8 nitrogen and oxygen atoms in total. The number of thiocarbonyl (C=S) groups is 1. The number of fused-ring (bicyclic) bond motifs is 1. The molecule has 2 aliphatic rings. The van der Waals surface area contributed by atoms with E-state index in [0.29, 0.717) is 22.3 Å². The Morgan fingerprint density at radius 2 is 2.00 bits per heavy atom. The number of ether oxygens (including phenoxy) is 1. The van der Waals surface area contributed by atoms with Crippen molar-refractivity contribution in [3.63, 3.8) is 0 Å². The van der Waals surface area contributed by atoms with E-state index >= 15 is 0 Å². The van der Waals surface area contributed by atoms with Gasteiger partial charge in [0.1, 0.15) is 15.8 Å². The number of rotatable bonds is 4. The number of sulfonamides is 1. The lowest BCUT2D eigenvalue weighted by Crippen LogP contribution is -2.39. The molecule has 3 rings (SSSR count). The van der Waals surface area contributed by atoms with Crippen LogP contribution in [0.15, 0.2) is 35.1 Å². The summed E-state index contributed by atoms with van der Waals surface area (Å²) in [5, 5.41) is 0. The molecule has 1 aromatic rings. The Bertz CT molecular complexity index is 942. The molecule has 2 heterocycles. The number of benzene rings is 1. The molecule has 11 heteroatoms. The molecule has 2 aliphatic heterocycles. The van der Waals surface area contributed by atoms with Crippen LogP contribution in [-0.4, -0.2) is 48.8 Å². The number of hydrogen-bond acceptors (Lipinski definition) is 8. The molecular formula is C15H15N3O5S3. The fourth-order valence-corrected chi connectivity index (χ4v) is 4.42. The molecule has 0 spiro atoms. The summed E-state index contributed by atoms with van der Waals surface area (Å²) in [6.07, 6.45) is 0.895. The van der Waals surface area contributed by atoms with Crippen molar-refractivity contribution in [1.82, 2.24) is 9.62 Å². The van der Waals surface area contributed by atoms with Gasteiger partial charge in [-0.1, -0.05) is 24.4 Å². The first-order valence-corrected chi connectivity index (χ1v) is 10.7. The van der Waals surface area contributed by atoms with Crippen LogP contribution >= 0.6 is 24.0 Å². The van der Waals surface area contributed by atoms with Gasteiger partial charge >= 0.3 is 0 Å². The zero-order valence-corrected chi connectivity index (χ0v) is 16.3. The number of likely N-dealkylation sites (N-methyl/N-ethyl adjacent to an activating group) is 1. The molecular weight excluding hydrogens is 398 g/mol. The third-order valence-corrected chi connectivity index (χ3v) is 5.59. The van der Waals surface area contributed by atoms with Gasteiger partial charge in [-0.15, -0.1) is 0 Å². The van der Waals surface area contributed by atoms with E-state index in [9.17, 15) is 18.0 Å². The fraction of sp³-hybridized carbons (Fsp3) is 0.267. The van der Waals surface area contributed by atoms with E-state index in [-0.39, 0.29) is 23.2 Å². The molecule has 0 unspecified atom stereocenters. The first kappa shape index (κ1) is 18.7. The molecule has 0 saturated carbocycles. The summed E-state index contributed by atoms with van der Waals surface area (Å²) in [5.74, 6) is -0.408. The van der Waals surface area contributed by atoms with E-state index in [2.05, 4.69) is 0 Å². The summed E-state index contributed by atoms with van der Waals surface area (Å²) in [6, 6.07) is 6.93. The lowest BCUT2D eigenvalue weighted by Gasteiger charge is -2.18. The third kappa shape index (κ3) is 3.55. The van der Waals surface area contributed by atoms with Crippen molar-refractivity contribution in [2.75, 3.05) is 24.2 Å². The maximum atomic E-state index is 12.6. The fourth-order valence-electron chi connectivity index (χ4n) is 2.54. The maximum absolute atomic E-state index is 12.6. The van der Waals surface area contributed by atoms with E-state index < -0.39 is 15.9 Å². The number of amides is 2. The summed E-state index contributed by atoms with van der Waals surface area (Å²) >= 11 is 6.30. The van der Waals surface area contributed by atoms with Gasteiger partial charge in [0.25, 0.3) is 11.8 Å². The van der Waals surface area contributed by atoms with Gasteiger partial charge in [0.15, 0.2) is 5.75 Å². The van der Waals surface area contributed by atoms with Crippen molar-refractivity contribution in [3.8, 4) is 5.75 Å². The van der Waals surface area contributed by atoms with Gasteiger partial charge in [-0.3, -0.25) is 24.1 Å². The molecule has 1 fully saturated rings. The molecule has 1 saturated heterocycles. The largest absolute Gasteiger partial charge is 0.437 e. The Balaban J connectivity index is 2.00. The standard InChI is InChI=1S/C15H15N3O5S3/c1-3-17-13(20)12(25-15(17)24)14-18(8-11(19)16-26(2,21)22)9-6-4-5-7-10(9)23-14/h4-7H,3,8H2,1-2H3,(H,16,19)/b14-12+. The topological polar surface area (TPSA) is 96.0 Å².